The van der Waals surface area contributed by atoms with Gasteiger partial charge < -0.3 is 5.32 Å². The van der Waals surface area contributed by atoms with E-state index < -0.39 is 12.7 Å². The average Bonchev–Trinajstić information content (AvgIpc) is 2.26. The first-order valence-electron chi connectivity index (χ1n) is 7.46. The van der Waals surface area contributed by atoms with Crippen molar-refractivity contribution in [3.05, 3.63) is 0 Å². The van der Waals surface area contributed by atoms with Crippen LogP contribution in [0.2, 0.25) is 0 Å². The van der Waals surface area contributed by atoms with Crippen LogP contribution in [0.4, 0.5) is 13.2 Å². The van der Waals surface area contributed by atoms with Gasteiger partial charge in [0.05, 0.1) is 6.54 Å². The minimum absolute atomic E-state index is 0.0203. The summed E-state index contributed by atoms with van der Waals surface area (Å²) in [5, 5.41) is 3.24. The number of hydrogen-bond acceptors (Lipinski definition) is 2. The van der Waals surface area contributed by atoms with Gasteiger partial charge in [-0.3, -0.25) is 4.90 Å². The second-order valence-electron chi connectivity index (χ2n) is 5.54. The minimum Gasteiger partial charge on any atom is -0.315 e. The molecule has 2 nitrogen and oxygen atoms in total. The third-order valence-corrected chi connectivity index (χ3v) is 3.96. The Morgan fingerprint density at radius 1 is 1.11 bits per heavy atom. The summed E-state index contributed by atoms with van der Waals surface area (Å²) in [5.74, 6) is 0. The Hall–Kier alpha value is -0.290. The van der Waals surface area contributed by atoms with Crippen LogP contribution in [0.5, 0.6) is 0 Å². The summed E-state index contributed by atoms with van der Waals surface area (Å²) in [6.45, 7) is 1.70. The largest absolute Gasteiger partial charge is 0.401 e. The Bertz CT molecular complexity index is 243. The number of rotatable bonds is 5. The number of nitrogens with one attached hydrogen (secondary N) is 1. The molecule has 1 aliphatic rings. The molecule has 0 spiro atoms. The van der Waals surface area contributed by atoms with Crippen LogP contribution >= 0.6 is 0 Å². The van der Waals surface area contributed by atoms with Crippen LogP contribution in [0.3, 0.4) is 0 Å². The van der Waals surface area contributed by atoms with Gasteiger partial charge in [-0.15, -0.1) is 0 Å². The van der Waals surface area contributed by atoms with Crippen molar-refractivity contribution >= 4 is 0 Å². The molecule has 1 rings (SSSR count). The van der Waals surface area contributed by atoms with Crippen LogP contribution in [-0.4, -0.2) is 43.3 Å². The van der Waals surface area contributed by atoms with Crippen LogP contribution < -0.4 is 5.32 Å². The lowest BCUT2D eigenvalue weighted by Crippen LogP contribution is -2.52. The summed E-state index contributed by atoms with van der Waals surface area (Å²) in [7, 11) is 1.87. The second kappa shape index (κ2) is 8.10. The Morgan fingerprint density at radius 2 is 1.74 bits per heavy atom. The molecule has 1 saturated carbocycles. The fourth-order valence-electron chi connectivity index (χ4n) is 3.12. The minimum atomic E-state index is -4.10. The van der Waals surface area contributed by atoms with E-state index in [1.54, 1.807) is 4.90 Å². The van der Waals surface area contributed by atoms with Gasteiger partial charge in [0.1, 0.15) is 0 Å². The van der Waals surface area contributed by atoms with E-state index in [-0.39, 0.29) is 12.1 Å². The quantitative estimate of drug-likeness (QED) is 0.828. The predicted octanol–water partition coefficient (Wildman–Crippen LogP) is 3.57. The van der Waals surface area contributed by atoms with Gasteiger partial charge in [0, 0.05) is 12.1 Å². The number of halogens is 3. The van der Waals surface area contributed by atoms with E-state index in [0.717, 1.165) is 38.5 Å². The molecule has 0 radical (unpaired) electrons. The van der Waals surface area contributed by atoms with Crippen LogP contribution in [0.15, 0.2) is 0 Å². The summed E-state index contributed by atoms with van der Waals surface area (Å²) in [4.78, 5) is 1.65. The van der Waals surface area contributed by atoms with Crippen LogP contribution in [0, 0.1) is 0 Å². The van der Waals surface area contributed by atoms with E-state index in [4.69, 9.17) is 0 Å². The van der Waals surface area contributed by atoms with Gasteiger partial charge in [0.2, 0.25) is 0 Å². The molecular formula is C14H27F3N2. The number of alkyl halides is 3. The standard InChI is InChI=1S/C14H27F3N2/c1-3-10-19(11-14(15,16)17)13-9-7-5-4-6-8-12(13)18-2/h12-13,18H,3-11H2,1-2H3. The molecule has 0 saturated heterocycles. The van der Waals surface area contributed by atoms with E-state index in [0.29, 0.717) is 6.54 Å². The van der Waals surface area contributed by atoms with E-state index in [9.17, 15) is 13.2 Å². The second-order valence-corrected chi connectivity index (χ2v) is 5.54. The number of likely N-dealkylation sites (N-methyl/N-ethyl adjacent to an activating group) is 1. The lowest BCUT2D eigenvalue weighted by Gasteiger charge is -2.38. The van der Waals surface area contributed by atoms with Gasteiger partial charge in [-0.25, -0.2) is 0 Å². The topological polar surface area (TPSA) is 15.3 Å². The van der Waals surface area contributed by atoms with Gasteiger partial charge in [-0.2, -0.15) is 13.2 Å². The maximum Gasteiger partial charge on any atom is 0.401 e. The molecule has 0 amide bonds. The van der Waals surface area contributed by atoms with Crippen molar-refractivity contribution in [2.45, 2.75) is 70.1 Å². The Labute approximate surface area is 114 Å². The fraction of sp³-hybridized carbons (Fsp3) is 1.00. The molecule has 1 N–H and O–H groups in total. The molecule has 0 heterocycles. The molecule has 19 heavy (non-hydrogen) atoms. The Kier molecular flexibility index (Phi) is 7.15. The maximum absolute atomic E-state index is 12.7. The van der Waals surface area contributed by atoms with Crippen molar-refractivity contribution in [1.82, 2.24) is 10.2 Å². The first-order valence-corrected chi connectivity index (χ1v) is 7.46. The predicted molar refractivity (Wildman–Crippen MR) is 72.3 cm³/mol. The summed E-state index contributed by atoms with van der Waals surface area (Å²) in [6, 6.07) is 0.209. The highest BCUT2D eigenvalue weighted by Gasteiger charge is 2.35. The van der Waals surface area contributed by atoms with Gasteiger partial charge in [0.25, 0.3) is 0 Å². The molecule has 0 aliphatic heterocycles. The molecule has 2 atom stereocenters. The van der Waals surface area contributed by atoms with Crippen LogP contribution in [0.25, 0.3) is 0 Å². The third-order valence-electron chi connectivity index (χ3n) is 3.96. The lowest BCUT2D eigenvalue weighted by molar-refractivity contribution is -0.152. The van der Waals surface area contributed by atoms with E-state index in [1.165, 1.54) is 6.42 Å². The van der Waals surface area contributed by atoms with Gasteiger partial charge in [-0.1, -0.05) is 32.6 Å². The van der Waals surface area contributed by atoms with Crippen molar-refractivity contribution in [3.63, 3.8) is 0 Å². The smallest absolute Gasteiger partial charge is 0.315 e. The molecule has 0 aromatic carbocycles. The van der Waals surface area contributed by atoms with Gasteiger partial charge >= 0.3 is 6.18 Å². The van der Waals surface area contributed by atoms with E-state index in [1.807, 2.05) is 14.0 Å². The Balaban J connectivity index is 2.75. The van der Waals surface area contributed by atoms with Gasteiger partial charge in [0.15, 0.2) is 0 Å². The normalized spacial score (nSPS) is 26.2. The molecule has 0 aromatic heterocycles. The lowest BCUT2D eigenvalue weighted by atomic mass is 9.91. The van der Waals surface area contributed by atoms with Crippen molar-refractivity contribution in [2.75, 3.05) is 20.1 Å². The highest BCUT2D eigenvalue weighted by atomic mass is 19.4. The number of nitrogens with zero attached hydrogens (tertiary/aromatic N) is 1. The summed E-state index contributed by atoms with van der Waals surface area (Å²) >= 11 is 0. The maximum atomic E-state index is 12.7. The van der Waals surface area contributed by atoms with Crippen molar-refractivity contribution in [1.29, 1.82) is 0 Å². The molecule has 5 heteroatoms. The zero-order chi connectivity index (χ0) is 14.3. The number of hydrogen-bond donors (Lipinski definition) is 1. The fourth-order valence-corrected chi connectivity index (χ4v) is 3.12. The van der Waals surface area contributed by atoms with Gasteiger partial charge in [-0.05, 0) is 32.9 Å². The summed E-state index contributed by atoms with van der Waals surface area (Å²) in [6.07, 6.45) is 3.05. The van der Waals surface area contributed by atoms with E-state index >= 15 is 0 Å². The van der Waals surface area contributed by atoms with Crippen molar-refractivity contribution < 1.29 is 13.2 Å². The van der Waals surface area contributed by atoms with Crippen LogP contribution in [-0.2, 0) is 0 Å². The third kappa shape index (κ3) is 6.13. The first kappa shape index (κ1) is 16.8. The molecular weight excluding hydrogens is 253 g/mol. The molecule has 114 valence electrons. The highest BCUT2D eigenvalue weighted by molar-refractivity contribution is 4.86. The summed E-state index contributed by atoms with van der Waals surface area (Å²) in [5.41, 5.74) is 0. The zero-order valence-corrected chi connectivity index (χ0v) is 12.1. The molecule has 1 aliphatic carbocycles. The SMILES string of the molecule is CCCN(CC(F)(F)F)C1CCCCCCC1NC. The van der Waals surface area contributed by atoms with Crippen molar-refractivity contribution in [2.24, 2.45) is 0 Å². The Morgan fingerprint density at radius 3 is 2.26 bits per heavy atom. The molecule has 2 unspecified atom stereocenters. The first-order chi connectivity index (χ1) is 8.98. The highest BCUT2D eigenvalue weighted by Crippen LogP contribution is 2.25. The van der Waals surface area contributed by atoms with Crippen molar-refractivity contribution in [3.8, 4) is 0 Å². The van der Waals surface area contributed by atoms with E-state index in [2.05, 4.69) is 5.32 Å². The monoisotopic (exact) mass is 280 g/mol. The molecule has 0 bridgehead atoms. The van der Waals surface area contributed by atoms with Crippen LogP contribution in [0.1, 0.15) is 51.9 Å². The zero-order valence-electron chi connectivity index (χ0n) is 12.1. The summed E-state index contributed by atoms with van der Waals surface area (Å²) < 4.78 is 38.2. The molecule has 1 fully saturated rings. The molecule has 0 aromatic rings. The average molecular weight is 280 g/mol.